The van der Waals surface area contributed by atoms with Crippen LogP contribution in [0.5, 0.6) is 0 Å². The highest BCUT2D eigenvalue weighted by atomic mass is 79.9. The standard InChI is InChI=1S/C14H22BrFN2/c1-3-11(9-17)10-18(2)7-6-12-8-13(15)4-5-14(12)16/h4-5,8,11H,3,6-7,9-10,17H2,1-2H3. The van der Waals surface area contributed by atoms with Crippen LogP contribution in [0.25, 0.3) is 0 Å². The van der Waals surface area contributed by atoms with Crippen molar-refractivity contribution in [2.24, 2.45) is 11.7 Å². The highest BCUT2D eigenvalue weighted by molar-refractivity contribution is 9.10. The Balaban J connectivity index is 2.46. The zero-order valence-corrected chi connectivity index (χ0v) is 12.7. The van der Waals surface area contributed by atoms with Gasteiger partial charge in [-0.05, 0) is 49.7 Å². The van der Waals surface area contributed by atoms with E-state index in [0.29, 0.717) is 12.5 Å². The Hall–Kier alpha value is -0.450. The molecule has 0 aliphatic heterocycles. The molecule has 1 unspecified atom stereocenters. The lowest BCUT2D eigenvalue weighted by molar-refractivity contribution is 0.277. The van der Waals surface area contributed by atoms with Crippen molar-refractivity contribution in [2.75, 3.05) is 26.7 Å². The molecule has 1 atom stereocenters. The normalized spacial score (nSPS) is 13.0. The third kappa shape index (κ3) is 5.04. The maximum atomic E-state index is 13.6. The van der Waals surface area contributed by atoms with Gasteiger partial charge < -0.3 is 10.6 Å². The second kappa shape index (κ2) is 7.87. The molecule has 0 aliphatic rings. The van der Waals surface area contributed by atoms with E-state index >= 15 is 0 Å². The summed E-state index contributed by atoms with van der Waals surface area (Å²) in [5.74, 6) is 0.403. The summed E-state index contributed by atoms with van der Waals surface area (Å²) in [7, 11) is 2.06. The van der Waals surface area contributed by atoms with E-state index in [1.807, 2.05) is 6.07 Å². The minimum Gasteiger partial charge on any atom is -0.330 e. The molecule has 102 valence electrons. The molecule has 2 nitrogen and oxygen atoms in total. The first-order chi connectivity index (χ1) is 8.56. The van der Waals surface area contributed by atoms with Crippen LogP contribution >= 0.6 is 15.9 Å². The number of likely N-dealkylation sites (N-methyl/N-ethyl adjacent to an activating group) is 1. The average molecular weight is 317 g/mol. The smallest absolute Gasteiger partial charge is 0.126 e. The highest BCUT2D eigenvalue weighted by Gasteiger charge is 2.09. The second-order valence-electron chi connectivity index (χ2n) is 4.76. The van der Waals surface area contributed by atoms with E-state index in [1.165, 1.54) is 6.07 Å². The van der Waals surface area contributed by atoms with Gasteiger partial charge in [-0.2, -0.15) is 0 Å². The Labute approximate surface area is 117 Å². The molecule has 0 radical (unpaired) electrons. The van der Waals surface area contributed by atoms with Gasteiger partial charge in [0.2, 0.25) is 0 Å². The van der Waals surface area contributed by atoms with Crippen molar-refractivity contribution in [1.29, 1.82) is 0 Å². The molecule has 0 heterocycles. The van der Waals surface area contributed by atoms with Gasteiger partial charge >= 0.3 is 0 Å². The number of hydrogen-bond donors (Lipinski definition) is 1. The SMILES string of the molecule is CCC(CN)CN(C)CCc1cc(Br)ccc1F. The van der Waals surface area contributed by atoms with Gasteiger partial charge in [0, 0.05) is 17.6 Å². The van der Waals surface area contributed by atoms with Crippen LogP contribution in [0, 0.1) is 11.7 Å². The lowest BCUT2D eigenvalue weighted by Crippen LogP contribution is -2.31. The zero-order valence-electron chi connectivity index (χ0n) is 11.1. The number of halogens is 2. The summed E-state index contributed by atoms with van der Waals surface area (Å²) in [6.45, 7) is 4.69. The predicted octanol–water partition coefficient (Wildman–Crippen LogP) is 3.05. The van der Waals surface area contributed by atoms with Crippen LogP contribution in [0.4, 0.5) is 4.39 Å². The van der Waals surface area contributed by atoms with E-state index in [0.717, 1.165) is 36.0 Å². The van der Waals surface area contributed by atoms with E-state index < -0.39 is 0 Å². The van der Waals surface area contributed by atoms with Crippen LogP contribution in [-0.2, 0) is 6.42 Å². The van der Waals surface area contributed by atoms with Crippen molar-refractivity contribution in [3.63, 3.8) is 0 Å². The molecular formula is C14H22BrFN2. The summed E-state index contributed by atoms with van der Waals surface area (Å²) in [6, 6.07) is 5.08. The molecule has 18 heavy (non-hydrogen) atoms. The van der Waals surface area contributed by atoms with Crippen molar-refractivity contribution in [3.05, 3.63) is 34.1 Å². The first kappa shape index (κ1) is 15.6. The topological polar surface area (TPSA) is 29.3 Å². The number of hydrogen-bond acceptors (Lipinski definition) is 2. The molecule has 1 aromatic rings. The van der Waals surface area contributed by atoms with Gasteiger partial charge in [-0.25, -0.2) is 4.39 Å². The van der Waals surface area contributed by atoms with Crippen LogP contribution in [0.15, 0.2) is 22.7 Å². The predicted molar refractivity (Wildman–Crippen MR) is 78.1 cm³/mol. The minimum atomic E-state index is -0.127. The molecule has 0 amide bonds. The van der Waals surface area contributed by atoms with Crippen molar-refractivity contribution >= 4 is 15.9 Å². The summed E-state index contributed by atoms with van der Waals surface area (Å²) in [6.07, 6.45) is 1.81. The summed E-state index contributed by atoms with van der Waals surface area (Å²) in [4.78, 5) is 2.22. The number of nitrogens with two attached hydrogens (primary N) is 1. The van der Waals surface area contributed by atoms with E-state index in [4.69, 9.17) is 5.73 Å². The van der Waals surface area contributed by atoms with E-state index in [9.17, 15) is 4.39 Å². The lowest BCUT2D eigenvalue weighted by Gasteiger charge is -2.22. The van der Waals surface area contributed by atoms with Crippen molar-refractivity contribution in [1.82, 2.24) is 4.90 Å². The van der Waals surface area contributed by atoms with Gasteiger partial charge in [-0.15, -0.1) is 0 Å². The molecule has 0 bridgehead atoms. The fourth-order valence-electron chi connectivity index (χ4n) is 1.95. The maximum Gasteiger partial charge on any atom is 0.126 e. The molecule has 2 N–H and O–H groups in total. The monoisotopic (exact) mass is 316 g/mol. The molecule has 4 heteroatoms. The molecule has 0 saturated heterocycles. The number of nitrogens with zero attached hydrogens (tertiary/aromatic N) is 1. The van der Waals surface area contributed by atoms with Crippen molar-refractivity contribution < 1.29 is 4.39 Å². The molecule has 0 spiro atoms. The lowest BCUT2D eigenvalue weighted by atomic mass is 10.1. The van der Waals surface area contributed by atoms with E-state index in [1.54, 1.807) is 6.07 Å². The van der Waals surface area contributed by atoms with Gasteiger partial charge in [0.25, 0.3) is 0 Å². The molecule has 0 aromatic heterocycles. The van der Waals surface area contributed by atoms with Gasteiger partial charge in [0.15, 0.2) is 0 Å². The Kier molecular flexibility index (Phi) is 6.82. The van der Waals surface area contributed by atoms with Crippen LogP contribution in [0.2, 0.25) is 0 Å². The van der Waals surface area contributed by atoms with Gasteiger partial charge in [-0.1, -0.05) is 29.3 Å². The molecule has 0 aliphatic carbocycles. The number of rotatable bonds is 7. The van der Waals surface area contributed by atoms with E-state index in [-0.39, 0.29) is 5.82 Å². The second-order valence-corrected chi connectivity index (χ2v) is 5.67. The van der Waals surface area contributed by atoms with Crippen molar-refractivity contribution in [2.45, 2.75) is 19.8 Å². The number of benzene rings is 1. The fourth-order valence-corrected chi connectivity index (χ4v) is 2.36. The fraction of sp³-hybridized carbons (Fsp3) is 0.571. The quantitative estimate of drug-likeness (QED) is 0.837. The molecule has 1 aromatic carbocycles. The van der Waals surface area contributed by atoms with Crippen LogP contribution in [-0.4, -0.2) is 31.6 Å². The van der Waals surface area contributed by atoms with E-state index in [2.05, 4.69) is 34.8 Å². The summed E-state index contributed by atoms with van der Waals surface area (Å²) < 4.78 is 14.5. The molecular weight excluding hydrogens is 295 g/mol. The van der Waals surface area contributed by atoms with Crippen LogP contribution in [0.1, 0.15) is 18.9 Å². The van der Waals surface area contributed by atoms with Gasteiger partial charge in [0.05, 0.1) is 0 Å². The third-order valence-corrected chi connectivity index (χ3v) is 3.74. The van der Waals surface area contributed by atoms with Crippen LogP contribution in [0.3, 0.4) is 0 Å². The molecule has 0 saturated carbocycles. The Bertz CT molecular complexity index is 367. The largest absolute Gasteiger partial charge is 0.330 e. The van der Waals surface area contributed by atoms with Crippen LogP contribution < -0.4 is 5.73 Å². The zero-order chi connectivity index (χ0) is 13.5. The first-order valence-corrected chi connectivity index (χ1v) is 7.18. The highest BCUT2D eigenvalue weighted by Crippen LogP contribution is 2.16. The Morgan fingerprint density at radius 2 is 2.17 bits per heavy atom. The first-order valence-electron chi connectivity index (χ1n) is 6.39. The molecule has 1 rings (SSSR count). The summed E-state index contributed by atoms with van der Waals surface area (Å²) >= 11 is 3.37. The summed E-state index contributed by atoms with van der Waals surface area (Å²) in [5, 5.41) is 0. The molecule has 0 fully saturated rings. The van der Waals surface area contributed by atoms with Gasteiger partial charge in [0.1, 0.15) is 5.82 Å². The summed E-state index contributed by atoms with van der Waals surface area (Å²) in [5.41, 5.74) is 6.45. The maximum absolute atomic E-state index is 13.6. The Morgan fingerprint density at radius 3 is 2.78 bits per heavy atom. The van der Waals surface area contributed by atoms with Crippen molar-refractivity contribution in [3.8, 4) is 0 Å². The van der Waals surface area contributed by atoms with Gasteiger partial charge in [-0.3, -0.25) is 0 Å². The third-order valence-electron chi connectivity index (χ3n) is 3.25. The Morgan fingerprint density at radius 1 is 1.44 bits per heavy atom. The average Bonchev–Trinajstić information content (AvgIpc) is 2.37. The minimum absolute atomic E-state index is 0.127.